The quantitative estimate of drug-likeness (QED) is 0.764. The highest BCUT2D eigenvalue weighted by Crippen LogP contribution is 2.21. The van der Waals surface area contributed by atoms with Gasteiger partial charge in [0.15, 0.2) is 0 Å². The van der Waals surface area contributed by atoms with Gasteiger partial charge in [-0.1, -0.05) is 24.3 Å². The van der Waals surface area contributed by atoms with Gasteiger partial charge in [0.05, 0.1) is 6.61 Å². The number of aryl methyl sites for hydroxylation is 1. The Labute approximate surface area is 143 Å². The molecular formula is C19H25N3O2. The van der Waals surface area contributed by atoms with Gasteiger partial charge >= 0.3 is 6.03 Å². The van der Waals surface area contributed by atoms with E-state index in [1.807, 2.05) is 68.4 Å². The molecule has 0 bridgehead atoms. The number of benzene rings is 2. The van der Waals surface area contributed by atoms with Gasteiger partial charge < -0.3 is 20.6 Å². The highest BCUT2D eigenvalue weighted by atomic mass is 16.3. The first-order valence-electron chi connectivity index (χ1n) is 8.01. The third-order valence-electron chi connectivity index (χ3n) is 3.84. The van der Waals surface area contributed by atoms with Gasteiger partial charge in [-0.25, -0.2) is 4.79 Å². The summed E-state index contributed by atoms with van der Waals surface area (Å²) < 4.78 is 0. The second kappa shape index (κ2) is 8.36. The molecular weight excluding hydrogens is 302 g/mol. The minimum atomic E-state index is -0.209. The molecule has 24 heavy (non-hydrogen) atoms. The highest BCUT2D eigenvalue weighted by molar-refractivity contribution is 5.89. The Morgan fingerprint density at radius 2 is 1.75 bits per heavy atom. The molecule has 0 aliphatic carbocycles. The zero-order valence-electron chi connectivity index (χ0n) is 14.5. The number of hydrogen-bond acceptors (Lipinski definition) is 3. The second-order valence-corrected chi connectivity index (χ2v) is 6.00. The number of carbonyl (C=O) groups excluding carboxylic acids is 1. The summed E-state index contributed by atoms with van der Waals surface area (Å²) in [5.41, 5.74) is 5.04. The summed E-state index contributed by atoms with van der Waals surface area (Å²) in [5.74, 6) is 0. The number of nitrogens with zero attached hydrogens (tertiary/aromatic N) is 1. The molecule has 0 aliphatic rings. The topological polar surface area (TPSA) is 64.6 Å². The van der Waals surface area contributed by atoms with Crippen molar-refractivity contribution in [3.05, 3.63) is 59.2 Å². The number of nitrogens with one attached hydrogen (secondary N) is 2. The summed E-state index contributed by atoms with van der Waals surface area (Å²) in [6, 6.07) is 13.4. The van der Waals surface area contributed by atoms with E-state index >= 15 is 0 Å². The van der Waals surface area contributed by atoms with Crippen LogP contribution in [-0.2, 0) is 13.0 Å². The molecule has 0 radical (unpaired) electrons. The average molecular weight is 327 g/mol. The minimum absolute atomic E-state index is 0.0486. The zero-order chi connectivity index (χ0) is 17.5. The second-order valence-electron chi connectivity index (χ2n) is 6.00. The molecule has 5 heteroatoms. The average Bonchev–Trinajstić information content (AvgIpc) is 2.55. The maximum absolute atomic E-state index is 12.0. The summed E-state index contributed by atoms with van der Waals surface area (Å²) in [6.45, 7) is 2.63. The van der Waals surface area contributed by atoms with E-state index < -0.39 is 0 Å². The van der Waals surface area contributed by atoms with E-state index in [0.717, 1.165) is 34.5 Å². The molecule has 5 nitrogen and oxygen atoms in total. The summed E-state index contributed by atoms with van der Waals surface area (Å²) in [6.07, 6.45) is 0.748. The molecule has 0 aromatic heterocycles. The monoisotopic (exact) mass is 327 g/mol. The van der Waals surface area contributed by atoms with E-state index in [2.05, 4.69) is 10.6 Å². The van der Waals surface area contributed by atoms with E-state index in [-0.39, 0.29) is 12.6 Å². The molecule has 0 spiro atoms. The first-order valence-corrected chi connectivity index (χ1v) is 8.01. The van der Waals surface area contributed by atoms with Gasteiger partial charge in [-0.2, -0.15) is 0 Å². The number of amides is 2. The number of rotatable bonds is 6. The Bertz CT molecular complexity index is 682. The third kappa shape index (κ3) is 4.99. The number of aliphatic hydroxyl groups is 1. The van der Waals surface area contributed by atoms with Gasteiger partial charge in [-0.15, -0.1) is 0 Å². The fourth-order valence-electron chi connectivity index (χ4n) is 2.54. The smallest absolute Gasteiger partial charge is 0.319 e. The van der Waals surface area contributed by atoms with Crippen molar-refractivity contribution in [2.45, 2.75) is 20.0 Å². The molecule has 0 saturated heterocycles. The van der Waals surface area contributed by atoms with Gasteiger partial charge in [0.2, 0.25) is 0 Å². The molecule has 0 atom stereocenters. The Balaban J connectivity index is 1.81. The Kier molecular flexibility index (Phi) is 6.21. The first kappa shape index (κ1) is 17.8. The number of anilines is 2. The zero-order valence-corrected chi connectivity index (χ0v) is 14.5. The van der Waals surface area contributed by atoms with Crippen LogP contribution in [0.25, 0.3) is 0 Å². The fourth-order valence-corrected chi connectivity index (χ4v) is 2.54. The summed E-state index contributed by atoms with van der Waals surface area (Å²) >= 11 is 0. The molecule has 0 heterocycles. The van der Waals surface area contributed by atoms with Crippen LogP contribution in [0.1, 0.15) is 16.7 Å². The van der Waals surface area contributed by atoms with Crippen LogP contribution in [0.4, 0.5) is 16.2 Å². The summed E-state index contributed by atoms with van der Waals surface area (Å²) in [7, 11) is 3.99. The van der Waals surface area contributed by atoms with E-state index in [4.69, 9.17) is 5.11 Å². The standard InChI is InChI=1S/C19H25N3O2/c1-14-12-17(8-9-18(14)22(2)3)21-19(24)20-11-10-15-4-6-16(13-23)7-5-15/h4-9,12,23H,10-11,13H2,1-3H3,(H2,20,21,24). The molecule has 3 N–H and O–H groups in total. The lowest BCUT2D eigenvalue weighted by molar-refractivity contribution is 0.252. The van der Waals surface area contributed by atoms with E-state index in [9.17, 15) is 4.79 Å². The molecule has 0 saturated carbocycles. The van der Waals surface area contributed by atoms with Gasteiger partial charge in [0.25, 0.3) is 0 Å². The van der Waals surface area contributed by atoms with Crippen LogP contribution in [0.15, 0.2) is 42.5 Å². The van der Waals surface area contributed by atoms with Crippen molar-refractivity contribution in [2.24, 2.45) is 0 Å². The summed E-state index contributed by atoms with van der Waals surface area (Å²) in [5, 5.41) is 14.7. The van der Waals surface area contributed by atoms with E-state index in [1.165, 1.54) is 0 Å². The number of aliphatic hydroxyl groups excluding tert-OH is 1. The normalized spacial score (nSPS) is 10.3. The van der Waals surface area contributed by atoms with Crippen LogP contribution in [0, 0.1) is 6.92 Å². The predicted molar refractivity (Wildman–Crippen MR) is 98.6 cm³/mol. The SMILES string of the molecule is Cc1cc(NC(=O)NCCc2ccc(CO)cc2)ccc1N(C)C. The van der Waals surface area contributed by atoms with Crippen molar-refractivity contribution >= 4 is 17.4 Å². The van der Waals surface area contributed by atoms with Crippen LogP contribution < -0.4 is 15.5 Å². The van der Waals surface area contributed by atoms with Crippen molar-refractivity contribution < 1.29 is 9.90 Å². The van der Waals surface area contributed by atoms with Crippen molar-refractivity contribution in [3.63, 3.8) is 0 Å². The molecule has 0 unspecified atom stereocenters. The molecule has 2 aromatic rings. The maximum Gasteiger partial charge on any atom is 0.319 e. The summed E-state index contributed by atoms with van der Waals surface area (Å²) in [4.78, 5) is 14.0. The molecule has 0 fully saturated rings. The van der Waals surface area contributed by atoms with Gasteiger partial charge in [-0.3, -0.25) is 0 Å². The lowest BCUT2D eigenvalue weighted by atomic mass is 10.1. The van der Waals surface area contributed by atoms with Crippen LogP contribution >= 0.6 is 0 Å². The molecule has 0 aliphatic heterocycles. The largest absolute Gasteiger partial charge is 0.392 e. The number of hydrogen-bond donors (Lipinski definition) is 3. The predicted octanol–water partition coefficient (Wildman–Crippen LogP) is 2.92. The van der Waals surface area contributed by atoms with Crippen LogP contribution in [0.2, 0.25) is 0 Å². The van der Waals surface area contributed by atoms with Crippen molar-refractivity contribution in [1.29, 1.82) is 0 Å². The van der Waals surface area contributed by atoms with Crippen LogP contribution in [0.3, 0.4) is 0 Å². The van der Waals surface area contributed by atoms with Crippen molar-refractivity contribution in [1.82, 2.24) is 5.32 Å². The lowest BCUT2D eigenvalue weighted by Crippen LogP contribution is -2.30. The van der Waals surface area contributed by atoms with Gasteiger partial charge in [0.1, 0.15) is 0 Å². The third-order valence-corrected chi connectivity index (χ3v) is 3.84. The van der Waals surface area contributed by atoms with Crippen LogP contribution in [0.5, 0.6) is 0 Å². The van der Waals surface area contributed by atoms with E-state index in [1.54, 1.807) is 0 Å². The van der Waals surface area contributed by atoms with Crippen LogP contribution in [-0.4, -0.2) is 31.8 Å². The lowest BCUT2D eigenvalue weighted by Gasteiger charge is -2.16. The fraction of sp³-hybridized carbons (Fsp3) is 0.316. The number of urea groups is 1. The van der Waals surface area contributed by atoms with Crippen molar-refractivity contribution in [3.8, 4) is 0 Å². The Hall–Kier alpha value is -2.53. The highest BCUT2D eigenvalue weighted by Gasteiger charge is 2.05. The number of carbonyl (C=O) groups is 1. The first-order chi connectivity index (χ1) is 11.5. The van der Waals surface area contributed by atoms with Gasteiger partial charge in [-0.05, 0) is 48.2 Å². The molecule has 2 aromatic carbocycles. The maximum atomic E-state index is 12.0. The Morgan fingerprint density at radius 1 is 1.08 bits per heavy atom. The molecule has 128 valence electrons. The molecule has 2 rings (SSSR count). The van der Waals surface area contributed by atoms with Gasteiger partial charge in [0, 0.05) is 32.0 Å². The molecule has 2 amide bonds. The minimum Gasteiger partial charge on any atom is -0.392 e. The van der Waals surface area contributed by atoms with E-state index in [0.29, 0.717) is 6.54 Å². The Morgan fingerprint density at radius 3 is 2.33 bits per heavy atom. The van der Waals surface area contributed by atoms with Crippen molar-refractivity contribution in [2.75, 3.05) is 30.9 Å².